The molecule has 0 radical (unpaired) electrons. The lowest BCUT2D eigenvalue weighted by molar-refractivity contribution is 0.671. The molecule has 0 amide bonds. The molecule has 2 heteroatoms. The first kappa shape index (κ1) is 29.8. The summed E-state index contributed by atoms with van der Waals surface area (Å²) in [6.07, 6.45) is 0. The zero-order valence-electron chi connectivity index (χ0n) is 29.1. The van der Waals surface area contributed by atoms with Crippen LogP contribution in [-0.2, 0) is 0 Å². The van der Waals surface area contributed by atoms with Gasteiger partial charge in [-0.2, -0.15) is 0 Å². The van der Waals surface area contributed by atoms with Gasteiger partial charge in [-0.3, -0.25) is 0 Å². The third-order valence-electron chi connectivity index (χ3n) is 11.4. The molecule has 250 valence electrons. The van der Waals surface area contributed by atoms with Crippen molar-refractivity contribution in [2.45, 2.75) is 0 Å². The summed E-state index contributed by atoms with van der Waals surface area (Å²) < 4.78 is 9.51. The molecule has 12 rings (SSSR count). The van der Waals surface area contributed by atoms with Crippen molar-refractivity contribution in [3.05, 3.63) is 182 Å². The Labute approximate surface area is 314 Å². The van der Waals surface area contributed by atoms with E-state index in [4.69, 9.17) is 4.42 Å². The van der Waals surface area contributed by atoms with E-state index in [0.717, 1.165) is 22.3 Å². The molecular weight excluding hydrogens is 673 g/mol. The minimum Gasteiger partial charge on any atom is -0.455 e. The average Bonchev–Trinajstić information content (AvgIpc) is 3.79. The highest BCUT2D eigenvalue weighted by Crippen LogP contribution is 2.49. The molecule has 1 nitrogen and oxygen atoms in total. The molecule has 12 aromatic rings. The lowest BCUT2D eigenvalue weighted by Crippen LogP contribution is -1.92. The van der Waals surface area contributed by atoms with E-state index in [-0.39, 0.29) is 0 Å². The molecule has 2 heterocycles. The second kappa shape index (κ2) is 11.4. The quantitative estimate of drug-likeness (QED) is 0.167. The Morgan fingerprint density at radius 3 is 1.69 bits per heavy atom. The molecule has 0 aliphatic rings. The first-order valence-corrected chi connectivity index (χ1v) is 19.3. The van der Waals surface area contributed by atoms with E-state index < -0.39 is 0 Å². The Balaban J connectivity index is 1.16. The number of hydrogen-bond acceptors (Lipinski definition) is 2. The van der Waals surface area contributed by atoms with Crippen molar-refractivity contribution in [3.8, 4) is 33.4 Å². The van der Waals surface area contributed by atoms with Gasteiger partial charge in [-0.15, -0.1) is 11.3 Å². The van der Waals surface area contributed by atoms with Gasteiger partial charge in [0.15, 0.2) is 0 Å². The van der Waals surface area contributed by atoms with Crippen LogP contribution in [0.4, 0.5) is 0 Å². The maximum atomic E-state index is 6.94. The van der Waals surface area contributed by atoms with Crippen LogP contribution in [0, 0.1) is 0 Å². The Bertz CT molecular complexity index is 3450. The molecule has 0 saturated carbocycles. The van der Waals surface area contributed by atoms with Gasteiger partial charge in [-0.1, -0.05) is 152 Å². The minimum absolute atomic E-state index is 0.923. The van der Waals surface area contributed by atoms with Gasteiger partial charge in [0.1, 0.15) is 11.2 Å². The average molecular weight is 703 g/mol. The van der Waals surface area contributed by atoms with Gasteiger partial charge in [-0.25, -0.2) is 0 Å². The molecular formula is C52H30OS. The second-order valence-corrected chi connectivity index (χ2v) is 15.4. The van der Waals surface area contributed by atoms with Crippen molar-refractivity contribution >= 4 is 96.5 Å². The van der Waals surface area contributed by atoms with Crippen molar-refractivity contribution in [1.29, 1.82) is 0 Å². The lowest BCUT2D eigenvalue weighted by Gasteiger charge is -2.19. The van der Waals surface area contributed by atoms with E-state index in [0.29, 0.717) is 0 Å². The molecule has 2 aromatic heterocycles. The highest BCUT2D eigenvalue weighted by molar-refractivity contribution is 7.26. The standard InChI is InChI=1S/C52H30OS/c1-2-15-33-29-46-45(28-32(33)14-1)50-51(53-46)43(30-44-37-20-9-10-26-47(37)54-52(44)50)34-17-11-18-35(27-34)48-39-21-5-7-23-41(39)49(42-24-8-6-22-40(42)48)38-25-12-16-31-13-3-4-19-36(31)38/h1-30H. The van der Waals surface area contributed by atoms with E-state index in [1.54, 1.807) is 0 Å². The predicted octanol–water partition coefficient (Wildman–Crippen LogP) is 15.6. The van der Waals surface area contributed by atoms with Crippen molar-refractivity contribution in [1.82, 2.24) is 0 Å². The normalized spacial score (nSPS) is 12.1. The van der Waals surface area contributed by atoms with Crippen LogP contribution < -0.4 is 0 Å². The second-order valence-electron chi connectivity index (χ2n) is 14.3. The van der Waals surface area contributed by atoms with E-state index in [1.165, 1.54) is 96.3 Å². The van der Waals surface area contributed by atoms with E-state index in [1.807, 2.05) is 11.3 Å². The molecule has 0 unspecified atom stereocenters. The number of furan rings is 1. The van der Waals surface area contributed by atoms with Crippen LogP contribution in [0.2, 0.25) is 0 Å². The van der Waals surface area contributed by atoms with Gasteiger partial charge in [0, 0.05) is 36.5 Å². The maximum Gasteiger partial charge on any atom is 0.144 e. The molecule has 54 heavy (non-hydrogen) atoms. The number of benzene rings is 10. The maximum absolute atomic E-state index is 6.94. The molecule has 0 spiro atoms. The summed E-state index contributed by atoms with van der Waals surface area (Å²) in [6.45, 7) is 0. The van der Waals surface area contributed by atoms with Crippen LogP contribution in [0.5, 0.6) is 0 Å². The van der Waals surface area contributed by atoms with Crippen LogP contribution in [0.15, 0.2) is 186 Å². The van der Waals surface area contributed by atoms with Crippen molar-refractivity contribution in [3.63, 3.8) is 0 Å². The Hall–Kier alpha value is -6.74. The summed E-state index contributed by atoms with van der Waals surface area (Å²) in [5.41, 5.74) is 9.11. The fourth-order valence-electron chi connectivity index (χ4n) is 9.03. The fraction of sp³-hybridized carbons (Fsp3) is 0. The van der Waals surface area contributed by atoms with E-state index in [2.05, 4.69) is 182 Å². The molecule has 0 fully saturated rings. The Kier molecular flexibility index (Phi) is 6.28. The first-order chi connectivity index (χ1) is 26.8. The third-order valence-corrected chi connectivity index (χ3v) is 12.6. The van der Waals surface area contributed by atoms with Crippen LogP contribution in [0.25, 0.3) is 119 Å². The largest absolute Gasteiger partial charge is 0.455 e. The van der Waals surface area contributed by atoms with Crippen LogP contribution in [0.3, 0.4) is 0 Å². The van der Waals surface area contributed by atoms with Crippen LogP contribution in [-0.4, -0.2) is 0 Å². The van der Waals surface area contributed by atoms with E-state index >= 15 is 0 Å². The van der Waals surface area contributed by atoms with Gasteiger partial charge in [0.25, 0.3) is 0 Å². The predicted molar refractivity (Wildman–Crippen MR) is 233 cm³/mol. The molecule has 0 bridgehead atoms. The van der Waals surface area contributed by atoms with Crippen LogP contribution in [0.1, 0.15) is 0 Å². The highest BCUT2D eigenvalue weighted by atomic mass is 32.1. The van der Waals surface area contributed by atoms with Crippen molar-refractivity contribution < 1.29 is 4.42 Å². The molecule has 0 atom stereocenters. The number of fused-ring (bicyclic) bond motifs is 11. The number of thiophene rings is 1. The summed E-state index contributed by atoms with van der Waals surface area (Å²) in [7, 11) is 0. The van der Waals surface area contributed by atoms with Gasteiger partial charge < -0.3 is 4.42 Å². The molecule has 10 aromatic carbocycles. The van der Waals surface area contributed by atoms with Gasteiger partial charge in [-0.05, 0) is 101 Å². The molecule has 0 saturated heterocycles. The highest BCUT2D eigenvalue weighted by Gasteiger charge is 2.22. The zero-order chi connectivity index (χ0) is 35.3. The Morgan fingerprint density at radius 2 is 0.926 bits per heavy atom. The van der Waals surface area contributed by atoms with Gasteiger partial charge in [0.2, 0.25) is 0 Å². The topological polar surface area (TPSA) is 13.1 Å². The molecule has 0 aliphatic heterocycles. The van der Waals surface area contributed by atoms with Gasteiger partial charge in [0.05, 0.1) is 0 Å². The third kappa shape index (κ3) is 4.26. The summed E-state index contributed by atoms with van der Waals surface area (Å²) in [5.74, 6) is 0. The molecule has 0 aliphatic carbocycles. The van der Waals surface area contributed by atoms with Crippen molar-refractivity contribution in [2.24, 2.45) is 0 Å². The summed E-state index contributed by atoms with van der Waals surface area (Å²) in [4.78, 5) is 0. The molecule has 0 N–H and O–H groups in total. The monoisotopic (exact) mass is 702 g/mol. The number of hydrogen-bond donors (Lipinski definition) is 0. The van der Waals surface area contributed by atoms with E-state index in [9.17, 15) is 0 Å². The smallest absolute Gasteiger partial charge is 0.144 e. The SMILES string of the molecule is c1cc(-c2c3ccccc3c(-c3cccc4ccccc34)c3ccccc23)cc(-c2cc3c4ccccc4sc3c3c2oc2cc4ccccc4cc23)c1. The lowest BCUT2D eigenvalue weighted by atomic mass is 9.84. The van der Waals surface area contributed by atoms with Crippen LogP contribution >= 0.6 is 11.3 Å². The van der Waals surface area contributed by atoms with Gasteiger partial charge >= 0.3 is 0 Å². The fourth-order valence-corrected chi connectivity index (χ4v) is 10.3. The summed E-state index contributed by atoms with van der Waals surface area (Å²) in [6, 6.07) is 66.7. The zero-order valence-corrected chi connectivity index (χ0v) is 30.0. The number of rotatable bonds is 3. The van der Waals surface area contributed by atoms with Crippen molar-refractivity contribution in [2.75, 3.05) is 0 Å². The summed E-state index contributed by atoms with van der Waals surface area (Å²) >= 11 is 1.86. The minimum atomic E-state index is 0.923. The summed E-state index contributed by atoms with van der Waals surface area (Å²) in [5, 5.41) is 14.9. The first-order valence-electron chi connectivity index (χ1n) is 18.5. The Morgan fingerprint density at radius 1 is 0.352 bits per heavy atom.